The van der Waals surface area contributed by atoms with E-state index in [0.29, 0.717) is 16.8 Å². The van der Waals surface area contributed by atoms with Crippen molar-refractivity contribution in [2.75, 3.05) is 0 Å². The first kappa shape index (κ1) is 10.7. The van der Waals surface area contributed by atoms with Gasteiger partial charge in [-0.1, -0.05) is 11.6 Å². The molecule has 0 radical (unpaired) electrons. The van der Waals surface area contributed by atoms with Gasteiger partial charge in [-0.2, -0.15) is 0 Å². The average molecular weight is 237 g/mol. The highest BCUT2D eigenvalue weighted by Gasteiger charge is 2.02. The third kappa shape index (κ3) is 2.61. The van der Waals surface area contributed by atoms with Gasteiger partial charge in [0.2, 0.25) is 5.88 Å². The molecule has 0 saturated heterocycles. The monoisotopic (exact) mass is 236 g/mol. The van der Waals surface area contributed by atoms with E-state index in [-0.39, 0.29) is 5.75 Å². The van der Waals surface area contributed by atoms with Crippen molar-refractivity contribution >= 4 is 11.6 Å². The summed E-state index contributed by atoms with van der Waals surface area (Å²) in [5, 5.41) is 17.1. The van der Waals surface area contributed by atoms with Crippen LogP contribution in [0.25, 0.3) is 0 Å². The lowest BCUT2D eigenvalue weighted by molar-refractivity contribution is 0.440. The molecular weight excluding hydrogens is 228 g/mol. The predicted molar refractivity (Wildman–Crippen MR) is 60.0 cm³/mol. The molecule has 0 atom stereocenters. The molecule has 1 aromatic heterocycles. The molecule has 0 unspecified atom stereocenters. The summed E-state index contributed by atoms with van der Waals surface area (Å²) >= 11 is 5.60. The Balaban J connectivity index is 2.23. The average Bonchev–Trinajstić information content (AvgIpc) is 2.20. The number of hydrogen-bond donors (Lipinski definition) is 1. The first-order valence-electron chi connectivity index (χ1n) is 4.61. The van der Waals surface area contributed by atoms with Crippen LogP contribution in [0.4, 0.5) is 0 Å². The predicted octanol–water partition coefficient (Wildman–Crippen LogP) is 2.94. The van der Waals surface area contributed by atoms with Crippen molar-refractivity contribution in [2.24, 2.45) is 0 Å². The summed E-state index contributed by atoms with van der Waals surface area (Å²) in [7, 11) is 0. The molecule has 0 fully saturated rings. The standard InChI is InChI=1S/C11H9ClN2O2/c1-7-4-8(15)6-9(5-7)16-11-3-2-10(12)13-14-11/h2-6,15H,1H3. The lowest BCUT2D eigenvalue weighted by Gasteiger charge is -2.05. The van der Waals surface area contributed by atoms with E-state index in [1.807, 2.05) is 6.92 Å². The number of aromatic hydroxyl groups is 1. The van der Waals surface area contributed by atoms with Crippen LogP contribution >= 0.6 is 11.6 Å². The van der Waals surface area contributed by atoms with Gasteiger partial charge < -0.3 is 9.84 Å². The molecule has 2 rings (SSSR count). The summed E-state index contributed by atoms with van der Waals surface area (Å²) in [4.78, 5) is 0. The van der Waals surface area contributed by atoms with Gasteiger partial charge in [0.15, 0.2) is 5.15 Å². The second-order valence-corrected chi connectivity index (χ2v) is 3.69. The van der Waals surface area contributed by atoms with Crippen LogP contribution < -0.4 is 4.74 Å². The Bertz CT molecular complexity index is 480. The molecule has 2 aromatic rings. The highest BCUT2D eigenvalue weighted by atomic mass is 35.5. The zero-order valence-electron chi connectivity index (χ0n) is 8.51. The van der Waals surface area contributed by atoms with Crippen LogP contribution in [0.5, 0.6) is 17.4 Å². The number of benzene rings is 1. The van der Waals surface area contributed by atoms with Crippen molar-refractivity contribution in [3.05, 3.63) is 41.0 Å². The van der Waals surface area contributed by atoms with Gasteiger partial charge in [-0.15, -0.1) is 10.2 Å². The van der Waals surface area contributed by atoms with Gasteiger partial charge in [0.1, 0.15) is 11.5 Å². The van der Waals surface area contributed by atoms with E-state index in [4.69, 9.17) is 16.3 Å². The second-order valence-electron chi connectivity index (χ2n) is 3.30. The lowest BCUT2D eigenvalue weighted by atomic mass is 10.2. The van der Waals surface area contributed by atoms with Crippen molar-refractivity contribution in [1.29, 1.82) is 0 Å². The number of ether oxygens (including phenoxy) is 1. The molecule has 0 bridgehead atoms. The summed E-state index contributed by atoms with van der Waals surface area (Å²) < 4.78 is 5.40. The van der Waals surface area contributed by atoms with Crippen LogP contribution in [0.1, 0.15) is 5.56 Å². The van der Waals surface area contributed by atoms with E-state index >= 15 is 0 Å². The van der Waals surface area contributed by atoms with Crippen molar-refractivity contribution < 1.29 is 9.84 Å². The Morgan fingerprint density at radius 1 is 1.19 bits per heavy atom. The van der Waals surface area contributed by atoms with Gasteiger partial charge in [0.05, 0.1) is 0 Å². The Hall–Kier alpha value is -1.81. The van der Waals surface area contributed by atoms with Gasteiger partial charge in [0.25, 0.3) is 0 Å². The summed E-state index contributed by atoms with van der Waals surface area (Å²) in [5.41, 5.74) is 0.900. The van der Waals surface area contributed by atoms with E-state index in [9.17, 15) is 5.11 Å². The van der Waals surface area contributed by atoms with Crippen molar-refractivity contribution in [3.63, 3.8) is 0 Å². The maximum absolute atomic E-state index is 9.38. The minimum Gasteiger partial charge on any atom is -0.508 e. The number of phenolic OH excluding ortho intramolecular Hbond substituents is 1. The molecular formula is C11H9ClN2O2. The normalized spacial score (nSPS) is 10.1. The number of halogens is 1. The largest absolute Gasteiger partial charge is 0.508 e. The van der Waals surface area contributed by atoms with E-state index in [2.05, 4.69) is 10.2 Å². The quantitative estimate of drug-likeness (QED) is 0.871. The number of aryl methyl sites for hydroxylation is 1. The molecule has 1 heterocycles. The number of phenols is 1. The fourth-order valence-corrected chi connectivity index (χ4v) is 1.37. The van der Waals surface area contributed by atoms with E-state index in [0.717, 1.165) is 5.56 Å². The topological polar surface area (TPSA) is 55.2 Å². The molecule has 4 nitrogen and oxygen atoms in total. The fourth-order valence-electron chi connectivity index (χ4n) is 1.27. The third-order valence-electron chi connectivity index (χ3n) is 1.87. The molecule has 0 spiro atoms. The van der Waals surface area contributed by atoms with Crippen molar-refractivity contribution in [3.8, 4) is 17.4 Å². The number of rotatable bonds is 2. The van der Waals surface area contributed by atoms with Crippen LogP contribution in [0.15, 0.2) is 30.3 Å². The van der Waals surface area contributed by atoms with Gasteiger partial charge in [-0.25, -0.2) is 0 Å². The molecule has 0 aliphatic rings. The van der Waals surface area contributed by atoms with Gasteiger partial charge in [0, 0.05) is 12.1 Å². The summed E-state index contributed by atoms with van der Waals surface area (Å²) in [6, 6.07) is 8.12. The number of aromatic nitrogens is 2. The first-order chi connectivity index (χ1) is 7.63. The number of nitrogens with zero attached hydrogens (tertiary/aromatic N) is 2. The summed E-state index contributed by atoms with van der Waals surface area (Å²) in [6.45, 7) is 1.86. The molecule has 5 heteroatoms. The van der Waals surface area contributed by atoms with Crippen molar-refractivity contribution in [1.82, 2.24) is 10.2 Å². The summed E-state index contributed by atoms with van der Waals surface area (Å²) in [6.07, 6.45) is 0. The zero-order valence-corrected chi connectivity index (χ0v) is 9.27. The third-order valence-corrected chi connectivity index (χ3v) is 2.07. The minimum atomic E-state index is 0.150. The minimum absolute atomic E-state index is 0.150. The molecule has 0 aliphatic heterocycles. The smallest absolute Gasteiger partial charge is 0.238 e. The van der Waals surface area contributed by atoms with Crippen LogP contribution in [0, 0.1) is 6.92 Å². The summed E-state index contributed by atoms with van der Waals surface area (Å²) in [5.74, 6) is 0.987. The second kappa shape index (κ2) is 4.37. The van der Waals surface area contributed by atoms with Gasteiger partial charge in [-0.3, -0.25) is 0 Å². The highest BCUT2D eigenvalue weighted by Crippen LogP contribution is 2.25. The molecule has 82 valence electrons. The molecule has 0 amide bonds. The SMILES string of the molecule is Cc1cc(O)cc(Oc2ccc(Cl)nn2)c1. The molecule has 0 saturated carbocycles. The Morgan fingerprint density at radius 3 is 2.62 bits per heavy atom. The van der Waals surface area contributed by atoms with Crippen LogP contribution in [0.3, 0.4) is 0 Å². The van der Waals surface area contributed by atoms with Crippen LogP contribution in [-0.4, -0.2) is 15.3 Å². The molecule has 1 N–H and O–H groups in total. The maximum atomic E-state index is 9.38. The zero-order chi connectivity index (χ0) is 11.5. The van der Waals surface area contributed by atoms with Crippen LogP contribution in [0.2, 0.25) is 5.15 Å². The van der Waals surface area contributed by atoms with Gasteiger partial charge in [-0.05, 0) is 30.7 Å². The lowest BCUT2D eigenvalue weighted by Crippen LogP contribution is -1.90. The van der Waals surface area contributed by atoms with Gasteiger partial charge >= 0.3 is 0 Å². The van der Waals surface area contributed by atoms with E-state index in [1.54, 1.807) is 24.3 Å². The van der Waals surface area contributed by atoms with Crippen LogP contribution in [-0.2, 0) is 0 Å². The molecule has 0 aliphatic carbocycles. The number of hydrogen-bond acceptors (Lipinski definition) is 4. The molecule has 1 aromatic carbocycles. The van der Waals surface area contributed by atoms with E-state index in [1.165, 1.54) is 6.07 Å². The maximum Gasteiger partial charge on any atom is 0.238 e. The molecule has 16 heavy (non-hydrogen) atoms. The first-order valence-corrected chi connectivity index (χ1v) is 4.99. The Morgan fingerprint density at radius 2 is 2.00 bits per heavy atom. The Kier molecular flexibility index (Phi) is 2.92. The fraction of sp³-hybridized carbons (Fsp3) is 0.0909. The Labute approximate surface area is 97.5 Å². The highest BCUT2D eigenvalue weighted by molar-refractivity contribution is 6.29. The van der Waals surface area contributed by atoms with E-state index < -0.39 is 0 Å². The van der Waals surface area contributed by atoms with Crippen molar-refractivity contribution in [2.45, 2.75) is 6.92 Å².